The minimum Gasteiger partial charge on any atom is -0.369 e. The number of halogens is 1. The summed E-state index contributed by atoms with van der Waals surface area (Å²) in [5.74, 6) is 0.773. The first-order chi connectivity index (χ1) is 8.75. The van der Waals surface area contributed by atoms with Gasteiger partial charge in [0.25, 0.3) is 0 Å². The molecule has 2 rings (SSSR count). The van der Waals surface area contributed by atoms with Crippen molar-refractivity contribution in [1.82, 2.24) is 4.98 Å². The van der Waals surface area contributed by atoms with Gasteiger partial charge in [0.2, 0.25) is 0 Å². The molecule has 1 aromatic carbocycles. The quantitative estimate of drug-likeness (QED) is 0.819. The van der Waals surface area contributed by atoms with Gasteiger partial charge in [0.05, 0.1) is 5.02 Å². The molecule has 0 spiro atoms. The third kappa shape index (κ3) is 3.74. The maximum atomic E-state index is 6.10. The molecule has 2 nitrogen and oxygen atoms in total. The molecule has 1 heterocycles. The second-order valence-electron chi connectivity index (χ2n) is 4.36. The van der Waals surface area contributed by atoms with Gasteiger partial charge in [0.1, 0.15) is 5.82 Å². The fraction of sp³-hybridized carbons (Fsp3) is 0.267. The first kappa shape index (κ1) is 12.9. The molecule has 0 unspecified atom stereocenters. The molecule has 0 atom stereocenters. The van der Waals surface area contributed by atoms with E-state index in [1.807, 2.05) is 25.3 Å². The number of pyridine rings is 1. The normalized spacial score (nSPS) is 10.3. The number of nitrogens with zero attached hydrogens (tertiary/aromatic N) is 1. The van der Waals surface area contributed by atoms with Gasteiger partial charge in [-0.1, -0.05) is 41.9 Å². The van der Waals surface area contributed by atoms with E-state index in [0.29, 0.717) is 5.02 Å². The molecule has 0 amide bonds. The lowest BCUT2D eigenvalue weighted by atomic mass is 10.1. The number of anilines is 1. The summed E-state index contributed by atoms with van der Waals surface area (Å²) in [5, 5.41) is 3.96. The number of hydrogen-bond acceptors (Lipinski definition) is 2. The van der Waals surface area contributed by atoms with Crippen molar-refractivity contribution < 1.29 is 0 Å². The minimum absolute atomic E-state index is 0.690. The zero-order chi connectivity index (χ0) is 12.8. The highest BCUT2D eigenvalue weighted by Crippen LogP contribution is 2.19. The average Bonchev–Trinajstić information content (AvgIpc) is 2.38. The SMILES string of the molecule is Cc1cnc(NCCCc2ccccc2)c(Cl)c1. The number of nitrogens with one attached hydrogen (secondary N) is 1. The Kier molecular flexibility index (Phi) is 4.59. The summed E-state index contributed by atoms with van der Waals surface area (Å²) in [6.45, 7) is 2.86. The van der Waals surface area contributed by atoms with Gasteiger partial charge in [-0.3, -0.25) is 0 Å². The molecule has 3 heteroatoms. The molecule has 0 aliphatic heterocycles. The summed E-state index contributed by atoms with van der Waals surface area (Å²) in [4.78, 5) is 4.28. The third-order valence-corrected chi connectivity index (χ3v) is 3.04. The van der Waals surface area contributed by atoms with Crippen LogP contribution in [0, 0.1) is 6.92 Å². The standard InChI is InChI=1S/C15H17ClN2/c1-12-10-14(16)15(18-11-12)17-9-5-8-13-6-3-2-4-7-13/h2-4,6-7,10-11H,5,8-9H2,1H3,(H,17,18). The summed E-state index contributed by atoms with van der Waals surface area (Å²) in [6, 6.07) is 12.4. The highest BCUT2D eigenvalue weighted by Gasteiger charge is 2.00. The number of benzene rings is 1. The first-order valence-electron chi connectivity index (χ1n) is 6.15. The third-order valence-electron chi connectivity index (χ3n) is 2.76. The molecule has 1 N–H and O–H groups in total. The number of aryl methyl sites for hydroxylation is 2. The Hall–Kier alpha value is -1.54. The number of rotatable bonds is 5. The van der Waals surface area contributed by atoms with E-state index < -0.39 is 0 Å². The minimum atomic E-state index is 0.690. The molecule has 0 aliphatic carbocycles. The highest BCUT2D eigenvalue weighted by molar-refractivity contribution is 6.32. The molecule has 0 aliphatic rings. The number of aromatic nitrogens is 1. The van der Waals surface area contributed by atoms with Crippen LogP contribution in [0.3, 0.4) is 0 Å². The van der Waals surface area contributed by atoms with Gasteiger partial charge in [-0.05, 0) is 37.0 Å². The van der Waals surface area contributed by atoms with Gasteiger partial charge in [0, 0.05) is 12.7 Å². The van der Waals surface area contributed by atoms with Gasteiger partial charge in [-0.2, -0.15) is 0 Å². The number of hydrogen-bond donors (Lipinski definition) is 1. The van der Waals surface area contributed by atoms with E-state index in [1.165, 1.54) is 5.56 Å². The van der Waals surface area contributed by atoms with Gasteiger partial charge in [0.15, 0.2) is 0 Å². The summed E-state index contributed by atoms with van der Waals surface area (Å²) < 4.78 is 0. The Morgan fingerprint density at radius 2 is 2.00 bits per heavy atom. The molecular weight excluding hydrogens is 244 g/mol. The predicted molar refractivity (Wildman–Crippen MR) is 77.2 cm³/mol. The molecular formula is C15H17ClN2. The van der Waals surface area contributed by atoms with Crippen LogP contribution in [0.1, 0.15) is 17.5 Å². The van der Waals surface area contributed by atoms with Crippen LogP contribution in [0.25, 0.3) is 0 Å². The van der Waals surface area contributed by atoms with Gasteiger partial charge < -0.3 is 5.32 Å². The maximum absolute atomic E-state index is 6.10. The van der Waals surface area contributed by atoms with Crippen LogP contribution in [0.15, 0.2) is 42.6 Å². The molecule has 0 radical (unpaired) electrons. The fourth-order valence-corrected chi connectivity index (χ4v) is 2.10. The lowest BCUT2D eigenvalue weighted by molar-refractivity contribution is 0.859. The van der Waals surface area contributed by atoms with Crippen LogP contribution in [0.5, 0.6) is 0 Å². The van der Waals surface area contributed by atoms with E-state index >= 15 is 0 Å². The van der Waals surface area contributed by atoms with Crippen molar-refractivity contribution in [1.29, 1.82) is 0 Å². The lowest BCUT2D eigenvalue weighted by Crippen LogP contribution is -2.05. The van der Waals surface area contributed by atoms with Crippen molar-refractivity contribution >= 4 is 17.4 Å². The summed E-state index contributed by atoms with van der Waals surface area (Å²) in [5.41, 5.74) is 2.44. The van der Waals surface area contributed by atoms with Crippen molar-refractivity contribution in [2.45, 2.75) is 19.8 Å². The monoisotopic (exact) mass is 260 g/mol. The topological polar surface area (TPSA) is 24.9 Å². The van der Waals surface area contributed by atoms with Crippen LogP contribution >= 0.6 is 11.6 Å². The Morgan fingerprint density at radius 3 is 2.72 bits per heavy atom. The highest BCUT2D eigenvalue weighted by atomic mass is 35.5. The van der Waals surface area contributed by atoms with Crippen molar-refractivity contribution in [3.05, 3.63) is 58.7 Å². The first-order valence-corrected chi connectivity index (χ1v) is 6.53. The van der Waals surface area contributed by atoms with Crippen LogP contribution in [-0.4, -0.2) is 11.5 Å². The molecule has 18 heavy (non-hydrogen) atoms. The smallest absolute Gasteiger partial charge is 0.144 e. The Labute approximate surface area is 113 Å². The zero-order valence-corrected chi connectivity index (χ0v) is 11.2. The van der Waals surface area contributed by atoms with Crippen molar-refractivity contribution in [3.63, 3.8) is 0 Å². The molecule has 94 valence electrons. The van der Waals surface area contributed by atoms with Crippen molar-refractivity contribution in [2.75, 3.05) is 11.9 Å². The van der Waals surface area contributed by atoms with Crippen LogP contribution in [0.4, 0.5) is 5.82 Å². The van der Waals surface area contributed by atoms with Crippen LogP contribution in [0.2, 0.25) is 5.02 Å². The maximum Gasteiger partial charge on any atom is 0.144 e. The Balaban J connectivity index is 1.79. The van der Waals surface area contributed by atoms with E-state index in [-0.39, 0.29) is 0 Å². The molecule has 2 aromatic rings. The largest absolute Gasteiger partial charge is 0.369 e. The second-order valence-corrected chi connectivity index (χ2v) is 4.77. The molecule has 0 saturated heterocycles. The molecule has 1 aromatic heterocycles. The molecule has 0 saturated carbocycles. The molecule has 0 bridgehead atoms. The second kappa shape index (κ2) is 6.41. The summed E-state index contributed by atoms with van der Waals surface area (Å²) in [6.07, 6.45) is 3.96. The van der Waals surface area contributed by atoms with Crippen LogP contribution < -0.4 is 5.32 Å². The predicted octanol–water partition coefficient (Wildman–Crippen LogP) is 4.09. The summed E-state index contributed by atoms with van der Waals surface area (Å²) >= 11 is 6.10. The van der Waals surface area contributed by atoms with E-state index in [1.54, 1.807) is 0 Å². The van der Waals surface area contributed by atoms with E-state index in [2.05, 4.69) is 34.6 Å². The van der Waals surface area contributed by atoms with Crippen molar-refractivity contribution in [3.8, 4) is 0 Å². The fourth-order valence-electron chi connectivity index (χ4n) is 1.81. The Bertz CT molecular complexity index is 497. The van der Waals surface area contributed by atoms with Crippen molar-refractivity contribution in [2.24, 2.45) is 0 Å². The average molecular weight is 261 g/mol. The van der Waals surface area contributed by atoms with Crippen LogP contribution in [-0.2, 0) is 6.42 Å². The zero-order valence-electron chi connectivity index (χ0n) is 10.5. The van der Waals surface area contributed by atoms with E-state index in [9.17, 15) is 0 Å². The van der Waals surface area contributed by atoms with E-state index in [0.717, 1.165) is 30.8 Å². The van der Waals surface area contributed by atoms with Gasteiger partial charge in [-0.15, -0.1) is 0 Å². The molecule has 0 fully saturated rings. The van der Waals surface area contributed by atoms with E-state index in [4.69, 9.17) is 11.6 Å². The summed E-state index contributed by atoms with van der Waals surface area (Å²) in [7, 11) is 0. The Morgan fingerprint density at radius 1 is 1.22 bits per heavy atom. The lowest BCUT2D eigenvalue weighted by Gasteiger charge is -2.07. The van der Waals surface area contributed by atoms with Gasteiger partial charge in [-0.25, -0.2) is 4.98 Å². The van der Waals surface area contributed by atoms with Gasteiger partial charge >= 0.3 is 0 Å².